The summed E-state index contributed by atoms with van der Waals surface area (Å²) in [5, 5.41) is 6.97. The first kappa shape index (κ1) is 32.4. The van der Waals surface area contributed by atoms with E-state index in [1.807, 2.05) is 24.3 Å². The Morgan fingerprint density at radius 3 is 1.38 bits per heavy atom. The molecule has 4 heteroatoms. The molecular formula is C54H34N2O2. The van der Waals surface area contributed by atoms with E-state index in [2.05, 4.69) is 191 Å². The predicted octanol–water partition coefficient (Wildman–Crippen LogP) is 15.4. The van der Waals surface area contributed by atoms with Gasteiger partial charge < -0.3 is 18.3 Å². The molecule has 4 nitrogen and oxygen atoms in total. The van der Waals surface area contributed by atoms with E-state index in [1.54, 1.807) is 0 Å². The molecule has 9 aromatic carbocycles. The van der Waals surface area contributed by atoms with E-state index in [0.717, 1.165) is 94.4 Å². The van der Waals surface area contributed by atoms with Crippen molar-refractivity contribution in [3.05, 3.63) is 206 Å². The molecule has 0 N–H and O–H groups in total. The van der Waals surface area contributed by atoms with Gasteiger partial charge in [0.15, 0.2) is 0 Å². The van der Waals surface area contributed by atoms with Crippen LogP contribution < -0.4 is 4.90 Å². The van der Waals surface area contributed by atoms with Crippen molar-refractivity contribution in [3.8, 4) is 27.9 Å². The highest BCUT2D eigenvalue weighted by atomic mass is 16.3. The van der Waals surface area contributed by atoms with E-state index in [9.17, 15) is 0 Å². The van der Waals surface area contributed by atoms with Gasteiger partial charge in [-0.3, -0.25) is 0 Å². The van der Waals surface area contributed by atoms with Gasteiger partial charge >= 0.3 is 0 Å². The van der Waals surface area contributed by atoms with Crippen molar-refractivity contribution in [2.24, 2.45) is 0 Å². The summed E-state index contributed by atoms with van der Waals surface area (Å²) in [4.78, 5) is 2.36. The SMILES string of the molecule is c1ccc(-n2c3ccccc3c3ccc(N(c4ccc(-c5cccc6oc7ccccc7c56)cc4)c4ccc(-c5cccc6oc7ccccc7c56)cc4)cc32)cc1. The fourth-order valence-corrected chi connectivity index (χ4v) is 9.01. The summed E-state index contributed by atoms with van der Waals surface area (Å²) < 4.78 is 14.9. The molecule has 0 spiro atoms. The maximum Gasteiger partial charge on any atom is 0.136 e. The van der Waals surface area contributed by atoms with Crippen LogP contribution in [0.4, 0.5) is 17.1 Å². The first-order valence-corrected chi connectivity index (χ1v) is 19.7. The van der Waals surface area contributed by atoms with E-state index >= 15 is 0 Å². The third-order valence-corrected chi connectivity index (χ3v) is 11.6. The van der Waals surface area contributed by atoms with Gasteiger partial charge in [0.25, 0.3) is 0 Å². The molecule has 272 valence electrons. The Morgan fingerprint density at radius 1 is 0.328 bits per heavy atom. The Morgan fingerprint density at radius 2 is 0.793 bits per heavy atom. The van der Waals surface area contributed by atoms with Gasteiger partial charge in [-0.25, -0.2) is 0 Å². The number of aromatic nitrogens is 1. The van der Waals surface area contributed by atoms with Crippen molar-refractivity contribution >= 4 is 82.7 Å². The second-order valence-corrected chi connectivity index (χ2v) is 14.9. The molecule has 0 aliphatic carbocycles. The molecule has 0 bridgehead atoms. The van der Waals surface area contributed by atoms with Crippen molar-refractivity contribution in [2.75, 3.05) is 4.90 Å². The molecule has 12 aromatic rings. The molecule has 0 unspecified atom stereocenters. The standard InChI is InChI=1S/C54H34N2O2/c1-2-12-37(13-3-1)56-47-19-7-4-14-43(47)44-33-32-40(34-48(44)56)55(38-28-24-35(25-29-38)41-17-10-22-51-53(41)45-15-5-8-20-49(45)57-51)39-30-26-36(27-31-39)42-18-11-23-52-54(42)46-16-6-9-21-50(46)58-52/h1-34H. The minimum absolute atomic E-state index is 0.894. The van der Waals surface area contributed by atoms with Gasteiger partial charge in [-0.2, -0.15) is 0 Å². The molecule has 0 aliphatic heterocycles. The largest absolute Gasteiger partial charge is 0.456 e. The smallest absolute Gasteiger partial charge is 0.136 e. The molecule has 0 saturated heterocycles. The van der Waals surface area contributed by atoms with E-state index in [0.29, 0.717) is 0 Å². The Balaban J connectivity index is 1.03. The molecule has 3 heterocycles. The number of hydrogen-bond acceptors (Lipinski definition) is 3. The summed E-state index contributed by atoms with van der Waals surface area (Å²) in [6, 6.07) is 73.3. The molecule has 0 atom stereocenters. The Kier molecular flexibility index (Phi) is 7.20. The first-order valence-electron chi connectivity index (χ1n) is 19.7. The molecule has 58 heavy (non-hydrogen) atoms. The lowest BCUT2D eigenvalue weighted by molar-refractivity contribution is 0.668. The number of anilines is 3. The van der Waals surface area contributed by atoms with Gasteiger partial charge in [0, 0.05) is 55.1 Å². The number of para-hydroxylation sites is 4. The lowest BCUT2D eigenvalue weighted by atomic mass is 9.98. The third-order valence-electron chi connectivity index (χ3n) is 11.6. The zero-order valence-corrected chi connectivity index (χ0v) is 31.3. The minimum Gasteiger partial charge on any atom is -0.456 e. The second kappa shape index (κ2) is 12.9. The van der Waals surface area contributed by atoms with Gasteiger partial charge in [-0.05, 0) is 101 Å². The highest BCUT2D eigenvalue weighted by Gasteiger charge is 2.20. The summed E-state index contributed by atoms with van der Waals surface area (Å²) in [6.45, 7) is 0. The van der Waals surface area contributed by atoms with Crippen LogP contribution in [0.15, 0.2) is 215 Å². The fourth-order valence-electron chi connectivity index (χ4n) is 9.01. The van der Waals surface area contributed by atoms with Gasteiger partial charge in [0.2, 0.25) is 0 Å². The van der Waals surface area contributed by atoms with Gasteiger partial charge in [0.1, 0.15) is 22.3 Å². The average Bonchev–Trinajstić information content (AvgIpc) is 3.97. The summed E-state index contributed by atoms with van der Waals surface area (Å²) in [5.74, 6) is 0. The van der Waals surface area contributed by atoms with E-state index in [-0.39, 0.29) is 0 Å². The van der Waals surface area contributed by atoms with E-state index in [1.165, 1.54) is 16.3 Å². The number of hydrogen-bond donors (Lipinski definition) is 0. The van der Waals surface area contributed by atoms with Crippen LogP contribution in [-0.4, -0.2) is 4.57 Å². The van der Waals surface area contributed by atoms with Gasteiger partial charge in [-0.1, -0.05) is 127 Å². The highest BCUT2D eigenvalue weighted by Crippen LogP contribution is 2.43. The maximum absolute atomic E-state index is 6.26. The Labute approximate surface area is 334 Å². The zero-order valence-electron chi connectivity index (χ0n) is 31.3. The van der Waals surface area contributed by atoms with E-state index in [4.69, 9.17) is 8.83 Å². The summed E-state index contributed by atoms with van der Waals surface area (Å²) in [7, 11) is 0. The molecule has 0 amide bonds. The number of nitrogens with zero attached hydrogens (tertiary/aromatic N) is 2. The lowest BCUT2D eigenvalue weighted by Gasteiger charge is -2.26. The molecule has 12 rings (SSSR count). The van der Waals surface area contributed by atoms with Crippen LogP contribution in [0, 0.1) is 0 Å². The molecule has 0 saturated carbocycles. The predicted molar refractivity (Wildman–Crippen MR) is 241 cm³/mol. The maximum atomic E-state index is 6.26. The third kappa shape index (κ3) is 5.02. The van der Waals surface area contributed by atoms with Crippen LogP contribution >= 0.6 is 0 Å². The normalized spacial score (nSPS) is 11.8. The van der Waals surface area contributed by atoms with Gasteiger partial charge in [0.05, 0.1) is 11.0 Å². The minimum atomic E-state index is 0.894. The Bertz CT molecular complexity index is 3340. The lowest BCUT2D eigenvalue weighted by Crippen LogP contribution is -2.10. The van der Waals surface area contributed by atoms with Crippen LogP contribution in [0.1, 0.15) is 0 Å². The van der Waals surface area contributed by atoms with Crippen molar-refractivity contribution in [3.63, 3.8) is 0 Å². The van der Waals surface area contributed by atoms with Crippen molar-refractivity contribution in [2.45, 2.75) is 0 Å². The summed E-state index contributed by atoms with van der Waals surface area (Å²) >= 11 is 0. The molecular weight excluding hydrogens is 709 g/mol. The average molecular weight is 743 g/mol. The van der Waals surface area contributed by atoms with Gasteiger partial charge in [-0.15, -0.1) is 0 Å². The van der Waals surface area contributed by atoms with Crippen LogP contribution in [-0.2, 0) is 0 Å². The fraction of sp³-hybridized carbons (Fsp3) is 0. The summed E-state index contributed by atoms with van der Waals surface area (Å²) in [6.07, 6.45) is 0. The zero-order chi connectivity index (χ0) is 38.2. The number of fused-ring (bicyclic) bond motifs is 9. The second-order valence-electron chi connectivity index (χ2n) is 14.9. The van der Waals surface area contributed by atoms with Crippen molar-refractivity contribution < 1.29 is 8.83 Å². The molecule has 0 aliphatic rings. The monoisotopic (exact) mass is 742 g/mol. The quantitative estimate of drug-likeness (QED) is 0.170. The summed E-state index contributed by atoms with van der Waals surface area (Å²) in [5.41, 5.74) is 14.8. The van der Waals surface area contributed by atoms with Crippen molar-refractivity contribution in [1.82, 2.24) is 4.57 Å². The Hall–Kier alpha value is -7.82. The van der Waals surface area contributed by atoms with Crippen LogP contribution in [0.2, 0.25) is 0 Å². The number of benzene rings is 9. The van der Waals surface area contributed by atoms with Crippen LogP contribution in [0.5, 0.6) is 0 Å². The van der Waals surface area contributed by atoms with Crippen LogP contribution in [0.25, 0.3) is 93.6 Å². The van der Waals surface area contributed by atoms with E-state index < -0.39 is 0 Å². The first-order chi connectivity index (χ1) is 28.8. The topological polar surface area (TPSA) is 34.5 Å². The molecule has 3 aromatic heterocycles. The van der Waals surface area contributed by atoms with Crippen LogP contribution in [0.3, 0.4) is 0 Å². The van der Waals surface area contributed by atoms with Crippen molar-refractivity contribution in [1.29, 1.82) is 0 Å². The molecule has 0 radical (unpaired) electrons. The number of rotatable bonds is 6. The number of furan rings is 2. The highest BCUT2D eigenvalue weighted by molar-refractivity contribution is 6.14. The molecule has 0 fully saturated rings.